The van der Waals surface area contributed by atoms with Crippen molar-refractivity contribution >= 4 is 23.2 Å². The third-order valence-corrected chi connectivity index (χ3v) is 4.06. The number of rotatable bonds is 7. The zero-order valence-electron chi connectivity index (χ0n) is 14.2. The summed E-state index contributed by atoms with van der Waals surface area (Å²) in [7, 11) is 1.73. The van der Waals surface area contributed by atoms with E-state index in [1.54, 1.807) is 17.8 Å². The Morgan fingerprint density at radius 3 is 2.70 bits per heavy atom. The van der Waals surface area contributed by atoms with Crippen LogP contribution in [0.2, 0.25) is 5.02 Å². The molecule has 9 nitrogen and oxygen atoms in total. The van der Waals surface area contributed by atoms with E-state index in [0.717, 1.165) is 0 Å². The number of nitro groups is 1. The number of carbonyl (C=O) groups excluding carboxylic acids is 1. The second-order valence-electron chi connectivity index (χ2n) is 5.55. The Labute approximate surface area is 158 Å². The summed E-state index contributed by atoms with van der Waals surface area (Å²) in [6.45, 7) is 0.294. The number of non-ortho nitro benzene ring substituents is 1. The van der Waals surface area contributed by atoms with Gasteiger partial charge in [-0.05, 0) is 24.3 Å². The molecule has 140 valence electrons. The van der Waals surface area contributed by atoms with Crippen LogP contribution in [0.25, 0.3) is 0 Å². The maximum Gasteiger partial charge on any atom is 0.287 e. The number of ether oxygens (including phenoxy) is 1. The third kappa shape index (κ3) is 4.45. The lowest BCUT2D eigenvalue weighted by atomic mass is 10.3. The summed E-state index contributed by atoms with van der Waals surface area (Å²) in [5.74, 6) is 0.635. The first-order valence-electron chi connectivity index (χ1n) is 7.84. The van der Waals surface area contributed by atoms with Crippen molar-refractivity contribution < 1.29 is 18.9 Å². The molecule has 0 fully saturated rings. The fourth-order valence-corrected chi connectivity index (χ4v) is 2.51. The molecule has 0 atom stereocenters. The van der Waals surface area contributed by atoms with Crippen LogP contribution < -0.4 is 10.1 Å². The lowest BCUT2D eigenvalue weighted by Gasteiger charge is -2.05. The van der Waals surface area contributed by atoms with E-state index < -0.39 is 10.8 Å². The fraction of sp³-hybridized carbons (Fsp3) is 0.176. The van der Waals surface area contributed by atoms with E-state index in [9.17, 15) is 14.9 Å². The summed E-state index contributed by atoms with van der Waals surface area (Å²) in [5.41, 5.74) is 0.658. The molecule has 1 aromatic carbocycles. The summed E-state index contributed by atoms with van der Waals surface area (Å²) < 4.78 is 12.5. The molecule has 2 aromatic heterocycles. The number of aryl methyl sites for hydroxylation is 1. The summed E-state index contributed by atoms with van der Waals surface area (Å²) in [5, 5.41) is 17.8. The fourth-order valence-electron chi connectivity index (χ4n) is 2.28. The number of hydrogen-bond donors (Lipinski definition) is 1. The van der Waals surface area contributed by atoms with Gasteiger partial charge in [-0.3, -0.25) is 19.6 Å². The zero-order chi connectivity index (χ0) is 19.4. The normalized spacial score (nSPS) is 10.6. The molecule has 3 rings (SSSR count). The SMILES string of the molecule is Cn1ncc(Cl)c1CNC(=O)c1ccc(COc2ccc([N+](=O)[O-])cc2)o1. The lowest BCUT2D eigenvalue weighted by Crippen LogP contribution is -2.23. The molecule has 0 aliphatic rings. The van der Waals surface area contributed by atoms with Crippen molar-refractivity contribution in [2.75, 3.05) is 0 Å². The number of carbonyl (C=O) groups is 1. The predicted octanol–water partition coefficient (Wildman–Crippen LogP) is 3.08. The summed E-state index contributed by atoms with van der Waals surface area (Å²) in [6, 6.07) is 8.84. The Bertz CT molecular complexity index is 945. The van der Waals surface area contributed by atoms with Gasteiger partial charge in [-0.25, -0.2) is 0 Å². The van der Waals surface area contributed by atoms with Crippen LogP contribution in [0.3, 0.4) is 0 Å². The molecule has 1 N–H and O–H groups in total. The van der Waals surface area contributed by atoms with Crippen molar-refractivity contribution in [2.24, 2.45) is 7.05 Å². The number of hydrogen-bond acceptors (Lipinski definition) is 6. The highest BCUT2D eigenvalue weighted by molar-refractivity contribution is 6.31. The topological polar surface area (TPSA) is 112 Å². The highest BCUT2D eigenvalue weighted by Gasteiger charge is 2.14. The van der Waals surface area contributed by atoms with Gasteiger partial charge in [0.15, 0.2) is 5.76 Å². The highest BCUT2D eigenvalue weighted by atomic mass is 35.5. The molecule has 0 saturated carbocycles. The van der Waals surface area contributed by atoms with Crippen molar-refractivity contribution in [3.63, 3.8) is 0 Å². The van der Waals surface area contributed by atoms with E-state index in [1.807, 2.05) is 0 Å². The predicted molar refractivity (Wildman–Crippen MR) is 95.5 cm³/mol. The van der Waals surface area contributed by atoms with Crippen molar-refractivity contribution in [1.82, 2.24) is 15.1 Å². The Morgan fingerprint density at radius 1 is 1.33 bits per heavy atom. The first-order chi connectivity index (χ1) is 12.9. The Morgan fingerprint density at radius 2 is 2.07 bits per heavy atom. The van der Waals surface area contributed by atoms with E-state index in [4.69, 9.17) is 20.8 Å². The van der Waals surface area contributed by atoms with Crippen LogP contribution in [0.15, 0.2) is 47.0 Å². The van der Waals surface area contributed by atoms with Crippen LogP contribution in [0.5, 0.6) is 5.75 Å². The summed E-state index contributed by atoms with van der Waals surface area (Å²) >= 11 is 5.99. The van der Waals surface area contributed by atoms with Crippen LogP contribution in [-0.2, 0) is 20.2 Å². The molecular weight excluding hydrogens is 376 g/mol. The van der Waals surface area contributed by atoms with Gasteiger partial charge in [0, 0.05) is 19.2 Å². The minimum atomic E-state index is -0.486. The number of nitro benzene ring substituents is 1. The average Bonchev–Trinajstić information content (AvgIpc) is 3.25. The second kappa shape index (κ2) is 7.92. The van der Waals surface area contributed by atoms with Gasteiger partial charge in [0.1, 0.15) is 18.1 Å². The number of furan rings is 1. The monoisotopic (exact) mass is 390 g/mol. The maximum absolute atomic E-state index is 12.2. The number of aromatic nitrogens is 2. The quantitative estimate of drug-likeness (QED) is 0.490. The van der Waals surface area contributed by atoms with E-state index in [0.29, 0.717) is 22.2 Å². The standard InChI is InChI=1S/C17H15ClN4O5/c1-21-15(14(18)8-20-21)9-19-17(23)16-7-6-13(27-16)10-26-12-4-2-11(3-5-12)22(24)25/h2-8H,9-10H2,1H3,(H,19,23). The van der Waals surface area contributed by atoms with Crippen molar-refractivity contribution in [3.8, 4) is 5.75 Å². The largest absolute Gasteiger partial charge is 0.486 e. The van der Waals surface area contributed by atoms with Gasteiger partial charge in [-0.2, -0.15) is 5.10 Å². The van der Waals surface area contributed by atoms with Gasteiger partial charge in [-0.15, -0.1) is 0 Å². The molecule has 0 saturated heterocycles. The van der Waals surface area contributed by atoms with Crippen LogP contribution in [-0.4, -0.2) is 20.6 Å². The van der Waals surface area contributed by atoms with E-state index in [-0.39, 0.29) is 24.6 Å². The van der Waals surface area contributed by atoms with Crippen LogP contribution in [0.4, 0.5) is 5.69 Å². The molecule has 0 spiro atoms. The Kier molecular flexibility index (Phi) is 5.41. The summed E-state index contributed by atoms with van der Waals surface area (Å²) in [6.07, 6.45) is 1.50. The number of nitrogens with one attached hydrogen (secondary N) is 1. The Hall–Kier alpha value is -3.33. The molecular formula is C17H15ClN4O5. The first-order valence-corrected chi connectivity index (χ1v) is 8.22. The van der Waals surface area contributed by atoms with Gasteiger partial charge in [0.2, 0.25) is 0 Å². The van der Waals surface area contributed by atoms with Crippen LogP contribution in [0.1, 0.15) is 22.0 Å². The lowest BCUT2D eigenvalue weighted by molar-refractivity contribution is -0.384. The molecule has 0 aliphatic carbocycles. The van der Waals surface area contributed by atoms with Gasteiger partial charge < -0.3 is 14.5 Å². The molecule has 0 radical (unpaired) electrons. The van der Waals surface area contributed by atoms with Crippen molar-refractivity contribution in [3.05, 3.63) is 74.9 Å². The molecule has 3 aromatic rings. The first kappa shape index (κ1) is 18.5. The molecule has 2 heterocycles. The molecule has 0 bridgehead atoms. The smallest absolute Gasteiger partial charge is 0.287 e. The van der Waals surface area contributed by atoms with Crippen LogP contribution >= 0.6 is 11.6 Å². The molecule has 0 aliphatic heterocycles. The van der Waals surface area contributed by atoms with Gasteiger partial charge >= 0.3 is 0 Å². The number of amides is 1. The van der Waals surface area contributed by atoms with Gasteiger partial charge in [0.05, 0.1) is 28.4 Å². The minimum absolute atomic E-state index is 0.0205. The van der Waals surface area contributed by atoms with Gasteiger partial charge in [-0.1, -0.05) is 11.6 Å². The summed E-state index contributed by atoms with van der Waals surface area (Å²) in [4.78, 5) is 22.3. The average molecular weight is 391 g/mol. The molecule has 1 amide bonds. The molecule has 10 heteroatoms. The van der Waals surface area contributed by atoms with E-state index in [2.05, 4.69) is 10.4 Å². The third-order valence-electron chi connectivity index (χ3n) is 3.74. The van der Waals surface area contributed by atoms with Crippen molar-refractivity contribution in [1.29, 1.82) is 0 Å². The van der Waals surface area contributed by atoms with E-state index in [1.165, 1.54) is 36.5 Å². The second-order valence-corrected chi connectivity index (χ2v) is 5.96. The van der Waals surface area contributed by atoms with Gasteiger partial charge in [0.25, 0.3) is 11.6 Å². The Balaban J connectivity index is 1.54. The molecule has 27 heavy (non-hydrogen) atoms. The number of benzene rings is 1. The zero-order valence-corrected chi connectivity index (χ0v) is 15.0. The maximum atomic E-state index is 12.2. The highest BCUT2D eigenvalue weighted by Crippen LogP contribution is 2.19. The minimum Gasteiger partial charge on any atom is -0.486 e. The van der Waals surface area contributed by atoms with Crippen molar-refractivity contribution in [2.45, 2.75) is 13.2 Å². The number of halogens is 1. The van der Waals surface area contributed by atoms with Crippen LogP contribution in [0, 0.1) is 10.1 Å². The number of nitrogens with zero attached hydrogens (tertiary/aromatic N) is 3. The molecule has 0 unspecified atom stereocenters. The van der Waals surface area contributed by atoms with E-state index >= 15 is 0 Å².